The number of hydrogen-bond acceptors (Lipinski definition) is 2. The van der Waals surface area contributed by atoms with Gasteiger partial charge in [0.15, 0.2) is 0 Å². The third-order valence-electron chi connectivity index (χ3n) is 2.71. The van der Waals surface area contributed by atoms with Crippen LogP contribution >= 0.6 is 0 Å². The minimum atomic E-state index is -1.10. The van der Waals surface area contributed by atoms with Crippen LogP contribution in [0.1, 0.15) is 12.5 Å². The van der Waals surface area contributed by atoms with Crippen molar-refractivity contribution >= 4 is 12.0 Å². The van der Waals surface area contributed by atoms with Crippen molar-refractivity contribution in [3.8, 4) is 0 Å². The molecule has 0 aromatic heterocycles. The Morgan fingerprint density at radius 3 is 2.22 bits per heavy atom. The molecule has 0 spiro atoms. The molecule has 0 aliphatic heterocycles. The maximum absolute atomic E-state index is 11.8. The molecule has 98 valence electrons. The van der Waals surface area contributed by atoms with E-state index in [1.165, 1.54) is 4.90 Å². The number of rotatable bonds is 4. The molecule has 1 atom stereocenters. The molecule has 1 rings (SSSR count). The van der Waals surface area contributed by atoms with E-state index in [9.17, 15) is 14.7 Å². The number of likely N-dealkylation sites (N-methyl/N-ethyl adjacent to an activating group) is 1. The zero-order chi connectivity index (χ0) is 13.7. The van der Waals surface area contributed by atoms with Gasteiger partial charge in [0.05, 0.1) is 0 Å². The molecule has 18 heavy (non-hydrogen) atoms. The SMILES string of the molecule is C[C@@H](C(=O)N(C)C)N(Cc1ccccc1)C(=O)O. The van der Waals surface area contributed by atoms with Crippen LogP contribution in [0.15, 0.2) is 30.3 Å². The normalized spacial score (nSPS) is 11.7. The molecule has 0 aliphatic rings. The lowest BCUT2D eigenvalue weighted by Gasteiger charge is -2.27. The Morgan fingerprint density at radius 2 is 1.78 bits per heavy atom. The van der Waals surface area contributed by atoms with Gasteiger partial charge in [-0.25, -0.2) is 4.79 Å². The molecule has 0 fully saturated rings. The molecule has 1 aromatic carbocycles. The highest BCUT2D eigenvalue weighted by atomic mass is 16.4. The molecule has 2 amide bonds. The van der Waals surface area contributed by atoms with Crippen LogP contribution < -0.4 is 0 Å². The second-order valence-corrected chi connectivity index (χ2v) is 4.30. The van der Waals surface area contributed by atoms with Gasteiger partial charge < -0.3 is 10.0 Å². The summed E-state index contributed by atoms with van der Waals surface area (Å²) in [4.78, 5) is 25.6. The number of hydrogen-bond donors (Lipinski definition) is 1. The van der Waals surface area contributed by atoms with Gasteiger partial charge in [0.25, 0.3) is 0 Å². The van der Waals surface area contributed by atoms with E-state index in [1.54, 1.807) is 21.0 Å². The minimum Gasteiger partial charge on any atom is -0.465 e. The van der Waals surface area contributed by atoms with Gasteiger partial charge in [-0.05, 0) is 12.5 Å². The molecule has 0 aliphatic carbocycles. The Kier molecular flexibility index (Phi) is 4.71. The Bertz CT molecular complexity index is 418. The Balaban J connectivity index is 2.84. The van der Waals surface area contributed by atoms with E-state index in [1.807, 2.05) is 30.3 Å². The lowest BCUT2D eigenvalue weighted by Crippen LogP contribution is -2.46. The average molecular weight is 250 g/mol. The highest BCUT2D eigenvalue weighted by Crippen LogP contribution is 2.10. The summed E-state index contributed by atoms with van der Waals surface area (Å²) in [7, 11) is 3.22. The predicted octanol–water partition coefficient (Wildman–Crippen LogP) is 1.64. The zero-order valence-corrected chi connectivity index (χ0v) is 10.8. The lowest BCUT2D eigenvalue weighted by atomic mass is 10.2. The van der Waals surface area contributed by atoms with Crippen molar-refractivity contribution in [2.75, 3.05) is 14.1 Å². The standard InChI is InChI=1S/C13H18N2O3/c1-10(12(16)14(2)3)15(13(17)18)9-11-7-5-4-6-8-11/h4-8,10H,9H2,1-3H3,(H,17,18)/t10-/m0/s1. The fourth-order valence-electron chi connectivity index (χ4n) is 1.66. The first-order chi connectivity index (χ1) is 8.43. The van der Waals surface area contributed by atoms with Gasteiger partial charge in [-0.2, -0.15) is 0 Å². The summed E-state index contributed by atoms with van der Waals surface area (Å²) in [6, 6.07) is 8.52. The third-order valence-corrected chi connectivity index (χ3v) is 2.71. The van der Waals surface area contributed by atoms with Crippen molar-refractivity contribution in [1.29, 1.82) is 0 Å². The molecule has 0 saturated heterocycles. The first kappa shape index (κ1) is 14.0. The maximum atomic E-state index is 11.8. The molecule has 1 aromatic rings. The van der Waals surface area contributed by atoms with Crippen molar-refractivity contribution in [2.45, 2.75) is 19.5 Å². The summed E-state index contributed by atoms with van der Waals surface area (Å²) in [5.74, 6) is -0.228. The van der Waals surface area contributed by atoms with Gasteiger partial charge >= 0.3 is 6.09 Å². The summed E-state index contributed by atoms with van der Waals surface area (Å²) >= 11 is 0. The first-order valence-electron chi connectivity index (χ1n) is 5.68. The van der Waals surface area contributed by atoms with Crippen LogP contribution in [-0.4, -0.2) is 47.0 Å². The van der Waals surface area contributed by atoms with Crippen molar-refractivity contribution in [1.82, 2.24) is 9.80 Å². The topological polar surface area (TPSA) is 60.9 Å². The van der Waals surface area contributed by atoms with E-state index in [0.717, 1.165) is 10.5 Å². The number of carbonyl (C=O) groups is 2. The highest BCUT2D eigenvalue weighted by molar-refractivity contribution is 5.84. The third kappa shape index (κ3) is 3.48. The van der Waals surface area contributed by atoms with Gasteiger partial charge in [0, 0.05) is 20.6 Å². The molecular formula is C13H18N2O3. The molecule has 0 radical (unpaired) electrons. The quantitative estimate of drug-likeness (QED) is 0.883. The lowest BCUT2D eigenvalue weighted by molar-refractivity contribution is -0.133. The molecule has 5 nitrogen and oxygen atoms in total. The monoisotopic (exact) mass is 250 g/mol. The van der Waals surface area contributed by atoms with Crippen LogP contribution in [0.2, 0.25) is 0 Å². The van der Waals surface area contributed by atoms with Gasteiger partial charge in [-0.15, -0.1) is 0 Å². The van der Waals surface area contributed by atoms with Gasteiger partial charge in [-0.1, -0.05) is 30.3 Å². The van der Waals surface area contributed by atoms with Gasteiger partial charge in [0.1, 0.15) is 6.04 Å². The van der Waals surface area contributed by atoms with E-state index in [4.69, 9.17) is 0 Å². The van der Waals surface area contributed by atoms with E-state index in [2.05, 4.69) is 0 Å². The summed E-state index contributed by atoms with van der Waals surface area (Å²) in [6.07, 6.45) is -1.10. The second-order valence-electron chi connectivity index (χ2n) is 4.30. The molecule has 0 bridgehead atoms. The highest BCUT2D eigenvalue weighted by Gasteiger charge is 2.26. The smallest absolute Gasteiger partial charge is 0.408 e. The van der Waals surface area contributed by atoms with Crippen LogP contribution in [0.5, 0.6) is 0 Å². The molecule has 0 unspecified atom stereocenters. The first-order valence-corrected chi connectivity index (χ1v) is 5.68. The molecule has 5 heteroatoms. The summed E-state index contributed by atoms with van der Waals surface area (Å²) in [6.45, 7) is 1.80. The summed E-state index contributed by atoms with van der Waals surface area (Å²) < 4.78 is 0. The van der Waals surface area contributed by atoms with Gasteiger partial charge in [-0.3, -0.25) is 9.69 Å². The fraction of sp³-hybridized carbons (Fsp3) is 0.385. The summed E-state index contributed by atoms with van der Waals surface area (Å²) in [5, 5.41) is 9.19. The Labute approximate surface area is 107 Å². The molecule has 0 saturated carbocycles. The molecular weight excluding hydrogens is 232 g/mol. The molecule has 0 heterocycles. The number of benzene rings is 1. The predicted molar refractivity (Wildman–Crippen MR) is 68.2 cm³/mol. The number of carbonyl (C=O) groups excluding carboxylic acids is 1. The van der Waals surface area contributed by atoms with E-state index in [0.29, 0.717) is 0 Å². The average Bonchev–Trinajstić information content (AvgIpc) is 2.35. The maximum Gasteiger partial charge on any atom is 0.408 e. The van der Waals surface area contributed by atoms with Crippen LogP contribution in [0.4, 0.5) is 4.79 Å². The number of nitrogens with zero attached hydrogens (tertiary/aromatic N) is 2. The van der Waals surface area contributed by atoms with Gasteiger partial charge in [0.2, 0.25) is 5.91 Å². The largest absolute Gasteiger partial charge is 0.465 e. The Hall–Kier alpha value is -2.04. The van der Waals surface area contributed by atoms with Crippen LogP contribution in [0.3, 0.4) is 0 Å². The zero-order valence-electron chi connectivity index (χ0n) is 10.8. The fourth-order valence-corrected chi connectivity index (χ4v) is 1.66. The summed E-state index contributed by atoms with van der Waals surface area (Å²) in [5.41, 5.74) is 0.860. The van der Waals surface area contributed by atoms with Crippen molar-refractivity contribution in [3.63, 3.8) is 0 Å². The van der Waals surface area contributed by atoms with Crippen molar-refractivity contribution in [3.05, 3.63) is 35.9 Å². The number of carboxylic acid groups (broad SMARTS) is 1. The number of amides is 2. The van der Waals surface area contributed by atoms with E-state index in [-0.39, 0.29) is 12.5 Å². The second kappa shape index (κ2) is 6.05. The van der Waals surface area contributed by atoms with Crippen LogP contribution in [0.25, 0.3) is 0 Å². The van der Waals surface area contributed by atoms with E-state index < -0.39 is 12.1 Å². The van der Waals surface area contributed by atoms with Crippen molar-refractivity contribution in [2.24, 2.45) is 0 Å². The van der Waals surface area contributed by atoms with E-state index >= 15 is 0 Å². The Morgan fingerprint density at radius 1 is 1.22 bits per heavy atom. The van der Waals surface area contributed by atoms with Crippen LogP contribution in [0, 0.1) is 0 Å². The van der Waals surface area contributed by atoms with Crippen molar-refractivity contribution < 1.29 is 14.7 Å². The molecule has 1 N–H and O–H groups in total. The van der Waals surface area contributed by atoms with Crippen LogP contribution in [-0.2, 0) is 11.3 Å². The minimum absolute atomic E-state index is 0.205.